The lowest BCUT2D eigenvalue weighted by molar-refractivity contribution is -0.134. The third kappa shape index (κ3) is 3.09. The van der Waals surface area contributed by atoms with Gasteiger partial charge < -0.3 is 0 Å². The van der Waals surface area contributed by atoms with E-state index in [2.05, 4.69) is 13.8 Å². The Morgan fingerprint density at radius 1 is 1.12 bits per heavy atom. The molecule has 1 unspecified atom stereocenters. The van der Waals surface area contributed by atoms with Gasteiger partial charge in [0.1, 0.15) is 11.6 Å². The smallest absolute Gasteiger partial charge is 0.230 e. The van der Waals surface area contributed by atoms with Gasteiger partial charge in [-0.05, 0) is 86.3 Å². The minimum Gasteiger partial charge on any atom is -0.299 e. The molecule has 180 valence electrons. The lowest BCUT2D eigenvalue weighted by atomic mass is 9.46. The quantitative estimate of drug-likeness (QED) is 0.474. The van der Waals surface area contributed by atoms with E-state index in [0.717, 1.165) is 50.6 Å². The Bertz CT molecular complexity index is 1180. The van der Waals surface area contributed by atoms with E-state index in [1.54, 1.807) is 28.4 Å². The van der Waals surface area contributed by atoms with Gasteiger partial charge in [0.2, 0.25) is 5.91 Å². The number of Topliss-reactive ketones (excluding diaryl/α,β-unsaturated/α-hetero) is 1. The number of rotatable bonds is 2. The fourth-order valence-electron chi connectivity index (χ4n) is 8.34. The minimum absolute atomic E-state index is 0.0885. The number of hydrogen-bond acceptors (Lipinski definition) is 4. The average molecular weight is 481 g/mol. The second-order valence-electron chi connectivity index (χ2n) is 11.6. The highest BCUT2D eigenvalue weighted by Gasteiger charge is 2.60. The normalized spacial score (nSPS) is 36.3. The SMILES string of the molecule is CC(=O)N(c1cccc(F)c1)c1nc2c(s1)C1CC[C@@H]3[C@H](CC[C@]4(C)C(=O)CC[C@@H]34)[C@@]1(C)CC2. The van der Waals surface area contributed by atoms with E-state index in [-0.39, 0.29) is 22.6 Å². The van der Waals surface area contributed by atoms with Crippen LogP contribution in [0.5, 0.6) is 0 Å². The molecule has 0 saturated heterocycles. The molecule has 0 radical (unpaired) electrons. The molecule has 0 bridgehead atoms. The summed E-state index contributed by atoms with van der Waals surface area (Å²) in [5.74, 6) is 2.30. The predicted molar refractivity (Wildman–Crippen MR) is 132 cm³/mol. The van der Waals surface area contributed by atoms with Gasteiger partial charge in [-0.2, -0.15) is 0 Å². The Morgan fingerprint density at radius 2 is 1.94 bits per heavy atom. The highest BCUT2D eigenvalue weighted by molar-refractivity contribution is 7.16. The molecule has 1 aromatic carbocycles. The van der Waals surface area contributed by atoms with Crippen molar-refractivity contribution in [3.8, 4) is 0 Å². The zero-order chi connectivity index (χ0) is 23.8. The Labute approximate surface area is 205 Å². The molecule has 6 heteroatoms. The summed E-state index contributed by atoms with van der Waals surface area (Å²) in [5.41, 5.74) is 1.78. The van der Waals surface area contributed by atoms with Crippen LogP contribution in [0.1, 0.15) is 82.2 Å². The third-order valence-corrected chi connectivity index (χ3v) is 11.3. The number of anilines is 2. The van der Waals surface area contributed by atoms with Gasteiger partial charge >= 0.3 is 0 Å². The van der Waals surface area contributed by atoms with Crippen molar-refractivity contribution in [3.05, 3.63) is 40.7 Å². The van der Waals surface area contributed by atoms with Gasteiger partial charge in [-0.15, -0.1) is 11.3 Å². The molecule has 34 heavy (non-hydrogen) atoms. The summed E-state index contributed by atoms with van der Waals surface area (Å²) < 4.78 is 13.9. The molecular formula is C28H33FN2O2S. The highest BCUT2D eigenvalue weighted by atomic mass is 32.1. The summed E-state index contributed by atoms with van der Waals surface area (Å²) in [6, 6.07) is 6.20. The Morgan fingerprint density at radius 3 is 2.71 bits per heavy atom. The second-order valence-corrected chi connectivity index (χ2v) is 12.6. The summed E-state index contributed by atoms with van der Waals surface area (Å²) in [7, 11) is 0. The number of thiazole rings is 1. The molecule has 3 saturated carbocycles. The van der Waals surface area contributed by atoms with E-state index >= 15 is 0 Å². The van der Waals surface area contributed by atoms with Crippen LogP contribution in [0, 0.1) is 34.4 Å². The summed E-state index contributed by atoms with van der Waals surface area (Å²) >= 11 is 1.63. The fourth-order valence-corrected chi connectivity index (χ4v) is 9.82. The van der Waals surface area contributed by atoms with Gasteiger partial charge in [0, 0.05) is 29.6 Å². The molecular weight excluding hydrogens is 447 g/mol. The van der Waals surface area contributed by atoms with Crippen LogP contribution in [0.3, 0.4) is 0 Å². The van der Waals surface area contributed by atoms with E-state index in [4.69, 9.17) is 4.98 Å². The number of aryl methyl sites for hydroxylation is 1. The minimum atomic E-state index is -0.356. The van der Waals surface area contributed by atoms with E-state index in [1.165, 1.54) is 30.4 Å². The molecule has 2 aromatic rings. The molecule has 4 aliphatic carbocycles. The molecule has 3 fully saturated rings. The highest BCUT2D eigenvalue weighted by Crippen LogP contribution is 2.67. The fraction of sp³-hybridized carbons (Fsp3) is 0.607. The van der Waals surface area contributed by atoms with Crippen molar-refractivity contribution < 1.29 is 14.0 Å². The van der Waals surface area contributed by atoms with Gasteiger partial charge in [0.25, 0.3) is 0 Å². The third-order valence-electron chi connectivity index (χ3n) is 10.1. The Kier molecular flexibility index (Phi) is 5.08. The standard InChI is InChI=1S/C28H33FN2O2S/c1-16(32)31(18-6-4-5-17(29)15-18)26-30-23-12-14-27(2)21-11-13-28(3)20(9-10-24(28)33)19(21)7-8-22(27)25(23)34-26/h4-6,15,19-22H,7-14H2,1-3H3/t19-,20-,21-,22?,27+,28-/m0/s1. The number of amides is 1. The zero-order valence-electron chi connectivity index (χ0n) is 20.3. The maximum absolute atomic E-state index is 13.9. The summed E-state index contributed by atoms with van der Waals surface area (Å²) in [6.45, 7) is 6.25. The van der Waals surface area contributed by atoms with E-state index in [9.17, 15) is 14.0 Å². The van der Waals surface area contributed by atoms with Gasteiger partial charge in [0.15, 0.2) is 5.13 Å². The van der Waals surface area contributed by atoms with E-state index in [0.29, 0.717) is 40.3 Å². The number of aromatic nitrogens is 1. The Hall–Kier alpha value is -2.08. The first-order chi connectivity index (χ1) is 16.2. The molecule has 1 amide bonds. The van der Waals surface area contributed by atoms with Crippen molar-refractivity contribution in [2.45, 2.75) is 78.1 Å². The Balaban J connectivity index is 1.34. The average Bonchev–Trinajstić information content (AvgIpc) is 3.34. The topological polar surface area (TPSA) is 50.3 Å². The summed E-state index contributed by atoms with van der Waals surface area (Å²) in [4.78, 5) is 33.2. The second kappa shape index (κ2) is 7.71. The van der Waals surface area contributed by atoms with E-state index in [1.807, 2.05) is 0 Å². The van der Waals surface area contributed by atoms with Crippen molar-refractivity contribution >= 4 is 33.8 Å². The van der Waals surface area contributed by atoms with Crippen LogP contribution in [-0.2, 0) is 16.0 Å². The van der Waals surface area contributed by atoms with Crippen molar-refractivity contribution in [2.24, 2.45) is 28.6 Å². The van der Waals surface area contributed by atoms with Gasteiger partial charge in [-0.25, -0.2) is 9.37 Å². The van der Waals surface area contributed by atoms with Crippen LogP contribution < -0.4 is 4.90 Å². The zero-order valence-corrected chi connectivity index (χ0v) is 21.1. The maximum Gasteiger partial charge on any atom is 0.230 e. The summed E-state index contributed by atoms with van der Waals surface area (Å²) in [6.07, 6.45) is 8.41. The first-order valence-corrected chi connectivity index (χ1v) is 13.6. The molecule has 6 atom stereocenters. The van der Waals surface area contributed by atoms with Crippen LogP contribution in [0.2, 0.25) is 0 Å². The van der Waals surface area contributed by atoms with Crippen molar-refractivity contribution in [1.82, 2.24) is 4.98 Å². The number of halogens is 1. The molecule has 0 aliphatic heterocycles. The van der Waals surface area contributed by atoms with Crippen LogP contribution in [-0.4, -0.2) is 16.7 Å². The van der Waals surface area contributed by atoms with Gasteiger partial charge in [-0.1, -0.05) is 19.9 Å². The lowest BCUT2D eigenvalue weighted by Crippen LogP contribution is -2.52. The van der Waals surface area contributed by atoms with E-state index < -0.39 is 0 Å². The first-order valence-electron chi connectivity index (χ1n) is 12.8. The molecule has 4 aliphatic rings. The monoisotopic (exact) mass is 480 g/mol. The molecule has 1 aromatic heterocycles. The maximum atomic E-state index is 13.9. The summed E-state index contributed by atoms with van der Waals surface area (Å²) in [5, 5.41) is 0.659. The molecule has 0 spiro atoms. The lowest BCUT2D eigenvalue weighted by Gasteiger charge is -2.59. The van der Waals surface area contributed by atoms with Gasteiger partial charge in [-0.3, -0.25) is 14.5 Å². The molecule has 0 N–H and O–H groups in total. The van der Waals surface area contributed by atoms with Crippen LogP contribution in [0.25, 0.3) is 0 Å². The number of fused-ring (bicyclic) bond motifs is 7. The number of nitrogens with zero attached hydrogens (tertiary/aromatic N) is 2. The van der Waals surface area contributed by atoms with Crippen LogP contribution in [0.15, 0.2) is 24.3 Å². The number of carbonyl (C=O) groups is 2. The van der Waals surface area contributed by atoms with Crippen molar-refractivity contribution in [2.75, 3.05) is 4.90 Å². The van der Waals surface area contributed by atoms with Gasteiger partial charge in [0.05, 0.1) is 11.4 Å². The largest absolute Gasteiger partial charge is 0.299 e. The number of carbonyl (C=O) groups excluding carboxylic acids is 2. The first kappa shape index (κ1) is 22.4. The molecule has 6 rings (SSSR count). The number of ketones is 1. The number of benzene rings is 1. The molecule has 1 heterocycles. The van der Waals surface area contributed by atoms with Crippen LogP contribution >= 0.6 is 11.3 Å². The molecule has 4 nitrogen and oxygen atoms in total. The van der Waals surface area contributed by atoms with Crippen LogP contribution in [0.4, 0.5) is 15.2 Å². The number of hydrogen-bond donors (Lipinski definition) is 0. The van der Waals surface area contributed by atoms with Crippen molar-refractivity contribution in [3.63, 3.8) is 0 Å². The van der Waals surface area contributed by atoms with Crippen molar-refractivity contribution in [1.29, 1.82) is 0 Å². The predicted octanol–water partition coefficient (Wildman–Crippen LogP) is 6.81.